The smallest absolute Gasteiger partial charge is 0.241 e. The molecule has 0 aliphatic heterocycles. The molecule has 1 N–H and O–H groups in total. The lowest BCUT2D eigenvalue weighted by Gasteiger charge is -2.12. The number of hydrogen-bond acceptors (Lipinski definition) is 4. The van der Waals surface area contributed by atoms with Gasteiger partial charge in [0.1, 0.15) is 6.29 Å². The quantitative estimate of drug-likeness (QED) is 0.774. The lowest BCUT2D eigenvalue weighted by Crippen LogP contribution is -2.36. The van der Waals surface area contributed by atoms with Crippen molar-refractivity contribution in [3.8, 4) is 0 Å². The van der Waals surface area contributed by atoms with Gasteiger partial charge in [0, 0.05) is 0 Å². The van der Waals surface area contributed by atoms with Crippen molar-refractivity contribution in [1.29, 1.82) is 0 Å². The number of carbonyl (C=O) groups excluding carboxylic acids is 1. The predicted octanol–water partition coefficient (Wildman–Crippen LogP) is 1.59. The van der Waals surface area contributed by atoms with Crippen molar-refractivity contribution in [2.45, 2.75) is 24.3 Å². The van der Waals surface area contributed by atoms with E-state index in [0.29, 0.717) is 12.7 Å². The molecule has 6 heteroatoms. The molecule has 0 heterocycles. The van der Waals surface area contributed by atoms with Crippen LogP contribution in [0, 0.1) is 6.92 Å². The Labute approximate surface area is 112 Å². The second-order valence-corrected chi connectivity index (χ2v) is 6.66. The van der Waals surface area contributed by atoms with Gasteiger partial charge >= 0.3 is 0 Å². The minimum absolute atomic E-state index is 0.184. The van der Waals surface area contributed by atoms with Gasteiger partial charge in [0.05, 0.1) is 10.9 Å². The van der Waals surface area contributed by atoms with Crippen LogP contribution < -0.4 is 4.72 Å². The van der Waals surface area contributed by atoms with E-state index in [1.807, 2.05) is 13.2 Å². The third kappa shape index (κ3) is 4.44. The summed E-state index contributed by atoms with van der Waals surface area (Å²) < 4.78 is 26.4. The van der Waals surface area contributed by atoms with Crippen molar-refractivity contribution >= 4 is 28.1 Å². The van der Waals surface area contributed by atoms with E-state index in [1.165, 1.54) is 12.1 Å². The molecule has 1 aromatic rings. The zero-order valence-electron chi connectivity index (χ0n) is 10.4. The van der Waals surface area contributed by atoms with Crippen LogP contribution in [0.15, 0.2) is 29.2 Å². The molecule has 1 atom stereocenters. The highest BCUT2D eigenvalue weighted by molar-refractivity contribution is 7.98. The lowest BCUT2D eigenvalue weighted by atomic mass is 10.2. The Kier molecular flexibility index (Phi) is 5.84. The molecule has 0 aromatic heterocycles. The van der Waals surface area contributed by atoms with Gasteiger partial charge in [0.25, 0.3) is 0 Å². The van der Waals surface area contributed by atoms with Crippen molar-refractivity contribution < 1.29 is 13.2 Å². The molecular weight excluding hydrogens is 270 g/mol. The van der Waals surface area contributed by atoms with Crippen LogP contribution in [0.5, 0.6) is 0 Å². The maximum atomic E-state index is 12.0. The van der Waals surface area contributed by atoms with Crippen molar-refractivity contribution in [2.75, 3.05) is 12.0 Å². The molecule has 100 valence electrons. The van der Waals surface area contributed by atoms with Crippen molar-refractivity contribution in [2.24, 2.45) is 0 Å². The average molecular weight is 287 g/mol. The molecule has 0 bridgehead atoms. The van der Waals surface area contributed by atoms with Crippen LogP contribution in [0.25, 0.3) is 0 Å². The molecule has 0 spiro atoms. The number of aryl methyl sites for hydroxylation is 1. The highest BCUT2D eigenvalue weighted by Gasteiger charge is 2.19. The van der Waals surface area contributed by atoms with Gasteiger partial charge in [-0.2, -0.15) is 11.8 Å². The maximum Gasteiger partial charge on any atom is 0.241 e. The van der Waals surface area contributed by atoms with Crippen LogP contribution in [-0.4, -0.2) is 32.8 Å². The molecule has 0 radical (unpaired) electrons. The van der Waals surface area contributed by atoms with Gasteiger partial charge in [0.15, 0.2) is 0 Å². The topological polar surface area (TPSA) is 63.2 Å². The Bertz CT molecular complexity index is 483. The van der Waals surface area contributed by atoms with E-state index in [4.69, 9.17) is 0 Å². The summed E-state index contributed by atoms with van der Waals surface area (Å²) in [5.74, 6) is 0.736. The van der Waals surface area contributed by atoms with Crippen molar-refractivity contribution in [3.63, 3.8) is 0 Å². The molecule has 18 heavy (non-hydrogen) atoms. The van der Waals surface area contributed by atoms with Gasteiger partial charge in [-0.1, -0.05) is 17.7 Å². The molecule has 0 fully saturated rings. The fourth-order valence-corrected chi connectivity index (χ4v) is 3.08. The molecule has 0 saturated carbocycles. The molecule has 0 saturated heterocycles. The minimum atomic E-state index is -3.61. The number of hydrogen-bond donors (Lipinski definition) is 1. The van der Waals surface area contributed by atoms with Crippen molar-refractivity contribution in [3.05, 3.63) is 29.8 Å². The SMILES string of the molecule is CSCC[C@@H](C=O)NS(=O)(=O)c1ccc(C)cc1. The van der Waals surface area contributed by atoms with E-state index in [0.717, 1.165) is 11.3 Å². The first-order valence-corrected chi connectivity index (χ1v) is 8.40. The van der Waals surface area contributed by atoms with E-state index in [2.05, 4.69) is 4.72 Å². The van der Waals surface area contributed by atoms with Gasteiger partial charge in [-0.05, 0) is 37.5 Å². The Morgan fingerprint density at radius 2 is 1.94 bits per heavy atom. The van der Waals surface area contributed by atoms with Gasteiger partial charge in [-0.15, -0.1) is 0 Å². The number of nitrogens with one attached hydrogen (secondary N) is 1. The highest BCUT2D eigenvalue weighted by atomic mass is 32.2. The summed E-state index contributed by atoms with van der Waals surface area (Å²) >= 11 is 1.58. The Morgan fingerprint density at radius 3 is 2.44 bits per heavy atom. The largest absolute Gasteiger partial charge is 0.302 e. The van der Waals surface area contributed by atoms with Crippen LogP contribution >= 0.6 is 11.8 Å². The first-order valence-electron chi connectivity index (χ1n) is 5.53. The molecule has 0 amide bonds. The van der Waals surface area contributed by atoms with E-state index in [-0.39, 0.29) is 4.90 Å². The molecule has 0 unspecified atom stereocenters. The Balaban J connectivity index is 2.80. The normalized spacial score (nSPS) is 13.2. The molecule has 0 aliphatic rings. The molecular formula is C12H17NO3S2. The lowest BCUT2D eigenvalue weighted by molar-refractivity contribution is -0.109. The summed E-state index contributed by atoms with van der Waals surface area (Å²) in [5, 5.41) is 0. The summed E-state index contributed by atoms with van der Waals surface area (Å²) in [4.78, 5) is 11.0. The number of rotatable bonds is 7. The van der Waals surface area contributed by atoms with Gasteiger partial charge in [-0.3, -0.25) is 0 Å². The van der Waals surface area contributed by atoms with E-state index in [9.17, 15) is 13.2 Å². The first-order chi connectivity index (χ1) is 8.49. The van der Waals surface area contributed by atoms with E-state index >= 15 is 0 Å². The number of benzene rings is 1. The summed E-state index contributed by atoms with van der Waals surface area (Å²) in [6.07, 6.45) is 3.05. The fraction of sp³-hybridized carbons (Fsp3) is 0.417. The molecule has 1 rings (SSSR count). The standard InChI is InChI=1S/C12H17NO3S2/c1-10-3-5-12(6-4-10)18(15,16)13-11(9-14)7-8-17-2/h3-6,9,11,13H,7-8H2,1-2H3/t11-/m0/s1. The fourth-order valence-electron chi connectivity index (χ4n) is 1.38. The van der Waals surface area contributed by atoms with Gasteiger partial charge in [0.2, 0.25) is 10.0 Å². The Hall–Kier alpha value is -0.850. The summed E-state index contributed by atoms with van der Waals surface area (Å²) in [6, 6.07) is 5.87. The van der Waals surface area contributed by atoms with Crippen LogP contribution in [0.1, 0.15) is 12.0 Å². The molecule has 0 aliphatic carbocycles. The average Bonchev–Trinajstić information content (AvgIpc) is 2.35. The molecule has 1 aromatic carbocycles. The number of sulfonamides is 1. The second-order valence-electron chi connectivity index (χ2n) is 3.96. The number of carbonyl (C=O) groups is 1. The van der Waals surface area contributed by atoms with Crippen molar-refractivity contribution in [1.82, 2.24) is 4.72 Å². The van der Waals surface area contributed by atoms with Crippen LogP contribution in [0.3, 0.4) is 0 Å². The summed E-state index contributed by atoms with van der Waals surface area (Å²) in [7, 11) is -3.61. The third-order valence-corrected chi connectivity index (χ3v) is 4.58. The third-order valence-electron chi connectivity index (χ3n) is 2.44. The van der Waals surface area contributed by atoms with E-state index in [1.54, 1.807) is 23.9 Å². The minimum Gasteiger partial charge on any atom is -0.302 e. The zero-order chi connectivity index (χ0) is 13.6. The number of thioether (sulfide) groups is 1. The zero-order valence-corrected chi connectivity index (χ0v) is 12.1. The van der Waals surface area contributed by atoms with Crippen LogP contribution in [0.2, 0.25) is 0 Å². The Morgan fingerprint density at radius 1 is 1.33 bits per heavy atom. The first kappa shape index (κ1) is 15.2. The maximum absolute atomic E-state index is 12.0. The molecule has 4 nitrogen and oxygen atoms in total. The predicted molar refractivity (Wildman–Crippen MR) is 74.4 cm³/mol. The van der Waals surface area contributed by atoms with Crippen LogP contribution in [0.4, 0.5) is 0 Å². The van der Waals surface area contributed by atoms with Gasteiger partial charge in [-0.25, -0.2) is 13.1 Å². The van der Waals surface area contributed by atoms with Crippen LogP contribution in [-0.2, 0) is 14.8 Å². The number of aldehydes is 1. The van der Waals surface area contributed by atoms with Gasteiger partial charge < -0.3 is 4.79 Å². The monoisotopic (exact) mass is 287 g/mol. The second kappa shape index (κ2) is 6.92. The highest BCUT2D eigenvalue weighted by Crippen LogP contribution is 2.11. The van der Waals surface area contributed by atoms with E-state index < -0.39 is 16.1 Å². The summed E-state index contributed by atoms with van der Waals surface area (Å²) in [6.45, 7) is 1.89. The summed E-state index contributed by atoms with van der Waals surface area (Å²) in [5.41, 5.74) is 0.989.